The van der Waals surface area contributed by atoms with E-state index in [4.69, 9.17) is 0 Å². The summed E-state index contributed by atoms with van der Waals surface area (Å²) < 4.78 is 1.95. The Labute approximate surface area is 124 Å². The number of hydrogen-bond donors (Lipinski definition) is 1. The smallest absolute Gasteiger partial charge is 0.118 e. The van der Waals surface area contributed by atoms with Crippen LogP contribution in [0.4, 0.5) is 0 Å². The second-order valence-electron chi connectivity index (χ2n) is 5.65. The maximum absolute atomic E-state index is 10.9. The van der Waals surface area contributed by atoms with E-state index in [9.17, 15) is 10.4 Å². The first-order valence-corrected chi connectivity index (χ1v) is 7.40. The van der Waals surface area contributed by atoms with Crippen LogP contribution in [0.5, 0.6) is 0 Å². The monoisotopic (exact) mass is 281 g/mol. The Morgan fingerprint density at radius 1 is 1.48 bits per heavy atom. The largest absolute Gasteiger partial charge is 0.385 e. The second kappa shape index (κ2) is 5.34. The number of nitriles is 1. The minimum Gasteiger partial charge on any atom is -0.385 e. The molecule has 0 fully saturated rings. The molecule has 2 atom stereocenters. The van der Waals surface area contributed by atoms with E-state index < -0.39 is 11.5 Å². The molecule has 0 radical (unpaired) electrons. The highest BCUT2D eigenvalue weighted by molar-refractivity contribution is 5.46. The first-order valence-electron chi connectivity index (χ1n) is 7.40. The van der Waals surface area contributed by atoms with Crippen LogP contribution in [0.1, 0.15) is 42.7 Å². The van der Waals surface area contributed by atoms with Crippen LogP contribution in [-0.4, -0.2) is 14.7 Å². The zero-order chi connectivity index (χ0) is 14.9. The Morgan fingerprint density at radius 3 is 3.05 bits per heavy atom. The number of hydrogen-bond acceptors (Lipinski definition) is 3. The summed E-state index contributed by atoms with van der Waals surface area (Å²) in [6.07, 6.45) is 5.02. The number of aliphatic hydroxyl groups excluding tert-OH is 1. The van der Waals surface area contributed by atoms with Gasteiger partial charge in [-0.3, -0.25) is 0 Å². The Kier molecular flexibility index (Phi) is 3.52. The molecule has 0 saturated carbocycles. The summed E-state index contributed by atoms with van der Waals surface area (Å²) in [7, 11) is 0. The molecule has 1 aromatic heterocycles. The highest BCUT2D eigenvalue weighted by Gasteiger charge is 2.46. The van der Waals surface area contributed by atoms with Gasteiger partial charge in [-0.05, 0) is 30.4 Å². The van der Waals surface area contributed by atoms with Crippen molar-refractivity contribution in [3.05, 3.63) is 53.6 Å². The Hall–Kier alpha value is -2.12. The first-order chi connectivity index (χ1) is 10.2. The van der Waals surface area contributed by atoms with E-state index in [1.54, 1.807) is 12.5 Å². The number of rotatable bonds is 4. The number of nitrogens with zero attached hydrogens (tertiary/aromatic N) is 3. The van der Waals surface area contributed by atoms with Crippen molar-refractivity contribution < 1.29 is 5.11 Å². The van der Waals surface area contributed by atoms with E-state index in [1.807, 2.05) is 28.8 Å². The van der Waals surface area contributed by atoms with Crippen molar-refractivity contribution in [1.82, 2.24) is 9.55 Å². The van der Waals surface area contributed by atoms with Crippen LogP contribution in [0.25, 0.3) is 0 Å². The normalized spacial score (nSPS) is 21.8. The molecule has 1 aromatic carbocycles. The zero-order valence-electron chi connectivity index (χ0n) is 12.2. The number of aliphatic hydroxyl groups is 1. The Morgan fingerprint density at radius 2 is 2.29 bits per heavy atom. The molecule has 1 aliphatic rings. The molecule has 1 N–H and O–H groups in total. The van der Waals surface area contributed by atoms with Crippen molar-refractivity contribution in [3.8, 4) is 6.07 Å². The molecule has 2 unspecified atom stereocenters. The predicted molar refractivity (Wildman–Crippen MR) is 79.5 cm³/mol. The Balaban J connectivity index is 2.05. The Bertz CT molecular complexity index is 685. The molecule has 0 saturated heterocycles. The summed E-state index contributed by atoms with van der Waals surface area (Å²) in [5.74, 6) is 0. The van der Waals surface area contributed by atoms with Crippen LogP contribution in [-0.2, 0) is 18.4 Å². The van der Waals surface area contributed by atoms with Gasteiger partial charge in [-0.15, -0.1) is 0 Å². The third kappa shape index (κ3) is 2.05. The molecule has 108 valence electrons. The van der Waals surface area contributed by atoms with Crippen LogP contribution < -0.4 is 0 Å². The summed E-state index contributed by atoms with van der Waals surface area (Å²) in [6, 6.07) is 10.3. The minimum atomic E-state index is -0.859. The molecule has 0 bridgehead atoms. The van der Waals surface area contributed by atoms with E-state index in [0.717, 1.165) is 30.6 Å². The number of aromatic nitrogens is 2. The van der Waals surface area contributed by atoms with E-state index in [2.05, 4.69) is 18.0 Å². The number of benzene rings is 1. The van der Waals surface area contributed by atoms with Crippen molar-refractivity contribution in [2.45, 2.75) is 44.2 Å². The average molecular weight is 281 g/mol. The summed E-state index contributed by atoms with van der Waals surface area (Å²) >= 11 is 0. The highest BCUT2D eigenvalue weighted by Crippen LogP contribution is 2.46. The van der Waals surface area contributed by atoms with Crippen LogP contribution in [0.3, 0.4) is 0 Å². The van der Waals surface area contributed by atoms with Crippen molar-refractivity contribution in [3.63, 3.8) is 0 Å². The summed E-state index contributed by atoms with van der Waals surface area (Å²) in [5.41, 5.74) is 2.00. The molecular formula is C17H19N3O. The molecular weight excluding hydrogens is 262 g/mol. The van der Waals surface area contributed by atoms with Gasteiger partial charge in [0.05, 0.1) is 24.3 Å². The van der Waals surface area contributed by atoms with Crippen LogP contribution in [0.15, 0.2) is 36.8 Å². The van der Waals surface area contributed by atoms with Gasteiger partial charge in [0, 0.05) is 6.54 Å². The second-order valence-corrected chi connectivity index (χ2v) is 5.65. The van der Waals surface area contributed by atoms with Gasteiger partial charge >= 0.3 is 0 Å². The van der Waals surface area contributed by atoms with E-state index >= 15 is 0 Å². The lowest BCUT2D eigenvalue weighted by Crippen LogP contribution is -2.31. The SMILES string of the molecule is CCCn1cncc1C(O)C1(C#N)CCc2ccccc21. The topological polar surface area (TPSA) is 61.8 Å². The van der Waals surface area contributed by atoms with E-state index in [-0.39, 0.29) is 0 Å². The molecule has 3 rings (SSSR count). The number of imidazole rings is 1. The molecule has 21 heavy (non-hydrogen) atoms. The van der Waals surface area contributed by atoms with Gasteiger partial charge in [-0.25, -0.2) is 4.98 Å². The molecule has 2 aromatic rings. The van der Waals surface area contributed by atoms with Gasteiger partial charge < -0.3 is 9.67 Å². The average Bonchev–Trinajstić information content (AvgIpc) is 3.12. The molecule has 0 spiro atoms. The molecule has 0 aliphatic heterocycles. The maximum atomic E-state index is 10.9. The quantitative estimate of drug-likeness (QED) is 0.937. The van der Waals surface area contributed by atoms with Crippen LogP contribution in [0.2, 0.25) is 0 Å². The van der Waals surface area contributed by atoms with Crippen LogP contribution >= 0.6 is 0 Å². The van der Waals surface area contributed by atoms with Crippen molar-refractivity contribution in [2.75, 3.05) is 0 Å². The first kappa shape index (κ1) is 13.8. The van der Waals surface area contributed by atoms with E-state index in [1.165, 1.54) is 5.56 Å². The summed E-state index contributed by atoms with van der Waals surface area (Å²) in [6.45, 7) is 2.89. The van der Waals surface area contributed by atoms with Gasteiger partial charge in [0.2, 0.25) is 0 Å². The van der Waals surface area contributed by atoms with Crippen molar-refractivity contribution in [2.24, 2.45) is 0 Å². The number of fused-ring (bicyclic) bond motifs is 1. The van der Waals surface area contributed by atoms with Gasteiger partial charge in [0.25, 0.3) is 0 Å². The van der Waals surface area contributed by atoms with Gasteiger partial charge in [0.15, 0.2) is 0 Å². The van der Waals surface area contributed by atoms with Crippen molar-refractivity contribution in [1.29, 1.82) is 5.26 Å². The standard InChI is InChI=1S/C17H19N3O/c1-2-9-20-12-19-10-15(20)16(21)17(11-18)8-7-13-5-3-4-6-14(13)17/h3-6,10,12,16,21H,2,7-9H2,1H3. The lowest BCUT2D eigenvalue weighted by Gasteiger charge is -2.29. The third-order valence-corrected chi connectivity index (χ3v) is 4.44. The van der Waals surface area contributed by atoms with Gasteiger partial charge in [-0.2, -0.15) is 5.26 Å². The molecule has 1 aliphatic carbocycles. The lowest BCUT2D eigenvalue weighted by molar-refractivity contribution is 0.102. The fourth-order valence-electron chi connectivity index (χ4n) is 3.34. The number of aryl methyl sites for hydroxylation is 2. The lowest BCUT2D eigenvalue weighted by atomic mass is 9.77. The highest BCUT2D eigenvalue weighted by atomic mass is 16.3. The van der Waals surface area contributed by atoms with E-state index in [0.29, 0.717) is 6.42 Å². The van der Waals surface area contributed by atoms with Crippen molar-refractivity contribution >= 4 is 0 Å². The molecule has 4 heteroatoms. The summed E-state index contributed by atoms with van der Waals surface area (Å²) in [4.78, 5) is 4.15. The molecule has 1 heterocycles. The third-order valence-electron chi connectivity index (χ3n) is 4.44. The maximum Gasteiger partial charge on any atom is 0.118 e. The minimum absolute atomic E-state index is 0.654. The van der Waals surface area contributed by atoms with Gasteiger partial charge in [-0.1, -0.05) is 31.2 Å². The zero-order valence-corrected chi connectivity index (χ0v) is 12.2. The summed E-state index contributed by atoms with van der Waals surface area (Å²) in [5, 5.41) is 20.7. The molecule has 4 nitrogen and oxygen atoms in total. The fraction of sp³-hybridized carbons (Fsp3) is 0.412. The fourth-order valence-corrected chi connectivity index (χ4v) is 3.34. The van der Waals surface area contributed by atoms with Crippen LogP contribution in [0, 0.1) is 11.3 Å². The van der Waals surface area contributed by atoms with Gasteiger partial charge in [0.1, 0.15) is 11.5 Å². The molecule has 0 amide bonds. The predicted octanol–water partition coefficient (Wildman–Crippen LogP) is 2.73.